The van der Waals surface area contributed by atoms with Crippen LogP contribution in [0.3, 0.4) is 0 Å². The van der Waals surface area contributed by atoms with Gasteiger partial charge < -0.3 is 5.11 Å². The normalized spacial score (nSPS) is 11.4. The highest BCUT2D eigenvalue weighted by Gasteiger charge is 2.27. The van der Waals surface area contributed by atoms with Gasteiger partial charge in [0, 0.05) is 6.07 Å². The van der Waals surface area contributed by atoms with Gasteiger partial charge in [0.05, 0.1) is 4.92 Å². The molecule has 0 aliphatic carbocycles. The maximum atomic E-state index is 11.7. The van der Waals surface area contributed by atoms with Gasteiger partial charge in [-0.3, -0.25) is 14.4 Å². The van der Waals surface area contributed by atoms with Gasteiger partial charge in [0.2, 0.25) is 0 Å². The highest BCUT2D eigenvalue weighted by atomic mass is 32.2. The zero-order chi connectivity index (χ0) is 15.3. The van der Waals surface area contributed by atoms with Crippen LogP contribution in [0.15, 0.2) is 34.3 Å². The summed E-state index contributed by atoms with van der Waals surface area (Å²) in [7, 11) is -4.72. The number of carboxylic acids is 1. The van der Waals surface area contributed by atoms with Crippen molar-refractivity contribution in [1.29, 1.82) is 5.26 Å². The third kappa shape index (κ3) is 3.27. The molecule has 1 aromatic rings. The number of nitro groups is 1. The summed E-state index contributed by atoms with van der Waals surface area (Å²) in [6.07, 6.45) is 0. The highest BCUT2D eigenvalue weighted by molar-refractivity contribution is 7.86. The molecule has 0 unspecified atom stereocenters. The Bertz CT molecular complexity index is 732. The average molecular weight is 299 g/mol. The van der Waals surface area contributed by atoms with E-state index in [1.165, 1.54) is 12.1 Å². The number of nitro benzene ring substituents is 1. The molecule has 0 radical (unpaired) electrons. The van der Waals surface area contributed by atoms with Crippen LogP contribution in [-0.2, 0) is 19.2 Å². The zero-order valence-corrected chi connectivity index (χ0v) is 10.3. The summed E-state index contributed by atoms with van der Waals surface area (Å²) in [4.78, 5) is 19.3. The second kappa shape index (κ2) is 5.76. The predicted octanol–water partition coefficient (Wildman–Crippen LogP) is 0.264. The Labute approximate surface area is 111 Å². The lowest BCUT2D eigenvalue weighted by Crippen LogP contribution is -2.13. The maximum absolute atomic E-state index is 11.7. The van der Waals surface area contributed by atoms with Crippen LogP contribution >= 0.6 is 0 Å². The molecule has 10 nitrogen and oxygen atoms in total. The fourth-order valence-electron chi connectivity index (χ4n) is 1.05. The van der Waals surface area contributed by atoms with Gasteiger partial charge in [-0.2, -0.15) is 13.7 Å². The molecular formula is C9H5N3O7S. The Hall–Kier alpha value is -3.00. The molecule has 20 heavy (non-hydrogen) atoms. The minimum absolute atomic E-state index is 0.767. The van der Waals surface area contributed by atoms with Gasteiger partial charge in [0.25, 0.3) is 11.4 Å². The van der Waals surface area contributed by atoms with Crippen LogP contribution in [0.2, 0.25) is 0 Å². The van der Waals surface area contributed by atoms with Crippen molar-refractivity contribution >= 4 is 27.5 Å². The van der Waals surface area contributed by atoms with Crippen LogP contribution in [0.1, 0.15) is 0 Å². The molecule has 0 amide bonds. The second-order valence-electron chi connectivity index (χ2n) is 3.11. The standard InChI is InChI=1S/C9H5N3O7S/c10-5-6(9(13)14)11-19-20(17,18)8-4-2-1-3-7(8)12(15)16/h1-4H,(H,13,14)/b11-6+. The van der Waals surface area contributed by atoms with Crippen LogP contribution in [0.5, 0.6) is 0 Å². The molecule has 1 N–H and O–H groups in total. The third-order valence-corrected chi connectivity index (χ3v) is 3.02. The van der Waals surface area contributed by atoms with Crippen LogP contribution in [0.4, 0.5) is 5.69 Å². The van der Waals surface area contributed by atoms with Crippen molar-refractivity contribution in [1.82, 2.24) is 0 Å². The summed E-state index contributed by atoms with van der Waals surface area (Å²) >= 11 is 0. The number of rotatable bonds is 5. The molecular weight excluding hydrogens is 294 g/mol. The van der Waals surface area contributed by atoms with Gasteiger partial charge >= 0.3 is 16.1 Å². The molecule has 0 bridgehead atoms. The minimum Gasteiger partial charge on any atom is -0.476 e. The van der Waals surface area contributed by atoms with Crippen LogP contribution in [-0.4, -0.2) is 30.1 Å². The molecule has 0 saturated heterocycles. The van der Waals surface area contributed by atoms with E-state index in [9.17, 15) is 23.3 Å². The van der Waals surface area contributed by atoms with E-state index in [1.807, 2.05) is 0 Å². The van der Waals surface area contributed by atoms with E-state index in [0.29, 0.717) is 0 Å². The van der Waals surface area contributed by atoms with E-state index in [0.717, 1.165) is 18.2 Å². The summed E-state index contributed by atoms with van der Waals surface area (Å²) in [5.41, 5.74) is -1.98. The fraction of sp³-hybridized carbons (Fsp3) is 0. The summed E-state index contributed by atoms with van der Waals surface area (Å²) in [5.74, 6) is -1.80. The zero-order valence-electron chi connectivity index (χ0n) is 9.46. The Balaban J connectivity index is 3.23. The monoisotopic (exact) mass is 299 g/mol. The molecule has 0 aromatic heterocycles. The lowest BCUT2D eigenvalue weighted by molar-refractivity contribution is -0.387. The summed E-state index contributed by atoms with van der Waals surface area (Å²) < 4.78 is 27.3. The number of aliphatic carboxylic acids is 1. The second-order valence-corrected chi connectivity index (χ2v) is 4.61. The van der Waals surface area contributed by atoms with Gasteiger partial charge in [-0.25, -0.2) is 4.79 Å². The SMILES string of the molecule is N#C/C(=N\OS(=O)(=O)c1ccccc1[N+](=O)[O-])C(=O)O. The van der Waals surface area contributed by atoms with Crippen molar-refractivity contribution in [3.63, 3.8) is 0 Å². The number of benzene rings is 1. The number of nitriles is 1. The molecule has 0 saturated carbocycles. The maximum Gasteiger partial charge on any atom is 0.369 e. The lowest BCUT2D eigenvalue weighted by atomic mass is 10.3. The Morgan fingerprint density at radius 1 is 1.45 bits per heavy atom. The van der Waals surface area contributed by atoms with Crippen LogP contribution in [0, 0.1) is 21.4 Å². The van der Waals surface area contributed by atoms with Crippen molar-refractivity contribution in [3.05, 3.63) is 34.4 Å². The van der Waals surface area contributed by atoms with Gasteiger partial charge in [-0.15, -0.1) is 0 Å². The molecule has 0 fully saturated rings. The number of nitrogens with zero attached hydrogens (tertiary/aromatic N) is 3. The van der Waals surface area contributed by atoms with E-state index < -0.39 is 37.3 Å². The van der Waals surface area contributed by atoms with Gasteiger partial charge in [0.1, 0.15) is 6.07 Å². The predicted molar refractivity (Wildman–Crippen MR) is 62.1 cm³/mol. The molecule has 0 atom stereocenters. The first-order valence-corrected chi connectivity index (χ1v) is 6.09. The largest absolute Gasteiger partial charge is 0.476 e. The molecule has 104 valence electrons. The average Bonchev–Trinajstić information content (AvgIpc) is 2.38. The first-order valence-electron chi connectivity index (χ1n) is 4.68. The van der Waals surface area contributed by atoms with Crippen molar-refractivity contribution < 1.29 is 27.5 Å². The quantitative estimate of drug-likeness (QED) is 0.460. The van der Waals surface area contributed by atoms with Gasteiger partial charge in [-0.1, -0.05) is 12.1 Å². The number of oxime groups is 1. The van der Waals surface area contributed by atoms with Crippen molar-refractivity contribution in [2.45, 2.75) is 4.90 Å². The number of para-hydroxylation sites is 1. The molecule has 0 heterocycles. The number of hydrogen-bond acceptors (Lipinski definition) is 8. The smallest absolute Gasteiger partial charge is 0.369 e. The topological polar surface area (TPSA) is 160 Å². The summed E-state index contributed by atoms with van der Waals surface area (Å²) in [6.45, 7) is 0. The Kier molecular flexibility index (Phi) is 4.34. The lowest BCUT2D eigenvalue weighted by Gasteiger charge is -2.02. The van der Waals surface area contributed by atoms with E-state index in [4.69, 9.17) is 10.4 Å². The molecule has 0 aliphatic heterocycles. The number of carbonyl (C=O) groups is 1. The molecule has 0 aliphatic rings. The Morgan fingerprint density at radius 3 is 2.55 bits per heavy atom. The molecule has 11 heteroatoms. The van der Waals surface area contributed by atoms with E-state index in [2.05, 4.69) is 9.44 Å². The van der Waals surface area contributed by atoms with Crippen LogP contribution < -0.4 is 0 Å². The number of carboxylic acid groups (broad SMARTS) is 1. The van der Waals surface area contributed by atoms with Crippen molar-refractivity contribution in [2.75, 3.05) is 0 Å². The van der Waals surface area contributed by atoms with Crippen molar-refractivity contribution in [2.24, 2.45) is 5.16 Å². The van der Waals surface area contributed by atoms with Gasteiger partial charge in [-0.05, 0) is 11.2 Å². The third-order valence-electron chi connectivity index (χ3n) is 1.87. The first kappa shape index (κ1) is 15.1. The van der Waals surface area contributed by atoms with E-state index in [1.54, 1.807) is 0 Å². The fourth-order valence-corrected chi connectivity index (χ4v) is 1.95. The van der Waals surface area contributed by atoms with Crippen LogP contribution in [0.25, 0.3) is 0 Å². The van der Waals surface area contributed by atoms with E-state index in [-0.39, 0.29) is 0 Å². The number of hydrogen-bond donors (Lipinski definition) is 1. The molecule has 0 spiro atoms. The summed E-state index contributed by atoms with van der Waals surface area (Å²) in [5, 5.41) is 30.1. The first-order chi connectivity index (χ1) is 9.29. The Morgan fingerprint density at radius 2 is 2.05 bits per heavy atom. The van der Waals surface area contributed by atoms with E-state index >= 15 is 0 Å². The minimum atomic E-state index is -4.72. The van der Waals surface area contributed by atoms with Crippen molar-refractivity contribution in [3.8, 4) is 6.07 Å². The summed E-state index contributed by atoms with van der Waals surface area (Å²) in [6, 6.07) is 5.33. The molecule has 1 aromatic carbocycles. The molecule has 1 rings (SSSR count). The van der Waals surface area contributed by atoms with Gasteiger partial charge in [0.15, 0.2) is 4.90 Å². The highest BCUT2D eigenvalue weighted by Crippen LogP contribution is 2.24.